The molecule has 5 heteroatoms. The van der Waals surface area contributed by atoms with Crippen LogP contribution in [0.15, 0.2) is 23.1 Å². The fourth-order valence-electron chi connectivity index (χ4n) is 1.64. The average Bonchev–Trinajstić information content (AvgIpc) is 2.26. The first-order chi connectivity index (χ1) is 8.24. The van der Waals surface area contributed by atoms with E-state index in [4.69, 9.17) is 5.11 Å². The van der Waals surface area contributed by atoms with Gasteiger partial charge in [0, 0.05) is 0 Å². The topological polar surface area (TPSA) is 71.4 Å². The Balaban J connectivity index is 3.14. The highest BCUT2D eigenvalue weighted by Crippen LogP contribution is 2.23. The Kier molecular flexibility index (Phi) is 4.51. The lowest BCUT2D eigenvalue weighted by Crippen LogP contribution is -2.12. The van der Waals surface area contributed by atoms with Crippen LogP contribution in [0.2, 0.25) is 0 Å². The van der Waals surface area contributed by atoms with Gasteiger partial charge in [0.1, 0.15) is 0 Å². The van der Waals surface area contributed by atoms with E-state index in [1.165, 1.54) is 0 Å². The summed E-state index contributed by atoms with van der Waals surface area (Å²) in [5, 5.41) is 8.57. The summed E-state index contributed by atoms with van der Waals surface area (Å²) in [5.41, 5.74) is 1.60. The lowest BCUT2D eigenvalue weighted by Gasteiger charge is -2.11. The highest BCUT2D eigenvalue weighted by atomic mass is 32.2. The Hall–Kier alpha value is -1.36. The Morgan fingerprint density at radius 3 is 2.44 bits per heavy atom. The molecule has 0 amide bonds. The third-order valence-electron chi connectivity index (χ3n) is 2.80. The Bertz CT molecular complexity index is 544. The first-order valence-corrected chi connectivity index (χ1v) is 7.44. The molecule has 1 aromatic carbocycles. The Morgan fingerprint density at radius 1 is 1.33 bits per heavy atom. The molecular weight excluding hydrogens is 252 g/mol. The highest BCUT2D eigenvalue weighted by Gasteiger charge is 2.19. The summed E-state index contributed by atoms with van der Waals surface area (Å²) in [6.07, 6.45) is -0.367. The number of hydrogen-bond donors (Lipinski definition) is 1. The van der Waals surface area contributed by atoms with Crippen LogP contribution in [0.25, 0.3) is 0 Å². The average molecular weight is 270 g/mol. The molecule has 0 spiro atoms. The highest BCUT2D eigenvalue weighted by molar-refractivity contribution is 7.91. The summed E-state index contributed by atoms with van der Waals surface area (Å²) >= 11 is 0. The van der Waals surface area contributed by atoms with Crippen molar-refractivity contribution in [3.05, 3.63) is 29.3 Å². The van der Waals surface area contributed by atoms with Crippen molar-refractivity contribution in [1.82, 2.24) is 0 Å². The molecule has 0 atom stereocenters. The van der Waals surface area contributed by atoms with Gasteiger partial charge in [0.25, 0.3) is 0 Å². The molecule has 0 heterocycles. The third-order valence-corrected chi connectivity index (χ3v) is 4.65. The largest absolute Gasteiger partial charge is 0.481 e. The number of rotatable bonds is 5. The number of benzene rings is 1. The molecule has 0 fully saturated rings. The van der Waals surface area contributed by atoms with Gasteiger partial charge in [-0.3, -0.25) is 4.79 Å². The molecule has 4 nitrogen and oxygen atoms in total. The van der Waals surface area contributed by atoms with Crippen LogP contribution in [-0.4, -0.2) is 25.2 Å². The van der Waals surface area contributed by atoms with Gasteiger partial charge in [-0.2, -0.15) is 0 Å². The summed E-state index contributed by atoms with van der Waals surface area (Å²) < 4.78 is 24.1. The quantitative estimate of drug-likeness (QED) is 0.891. The predicted octanol–water partition coefficient (Wildman–Crippen LogP) is 2.37. The molecule has 1 aromatic rings. The second kappa shape index (κ2) is 5.52. The molecule has 0 saturated carbocycles. The monoisotopic (exact) mass is 270 g/mol. The van der Waals surface area contributed by atoms with Crippen molar-refractivity contribution in [3.8, 4) is 0 Å². The molecule has 18 heavy (non-hydrogen) atoms. The van der Waals surface area contributed by atoms with E-state index < -0.39 is 15.8 Å². The molecule has 100 valence electrons. The van der Waals surface area contributed by atoms with Gasteiger partial charge in [-0.05, 0) is 30.0 Å². The van der Waals surface area contributed by atoms with Gasteiger partial charge in [-0.15, -0.1) is 0 Å². The molecule has 0 bridgehead atoms. The lowest BCUT2D eigenvalue weighted by molar-refractivity contribution is -0.136. The summed E-state index contributed by atoms with van der Waals surface area (Å²) in [5.74, 6) is -1.22. The van der Waals surface area contributed by atoms with Gasteiger partial charge in [0.15, 0.2) is 9.84 Å². The van der Waals surface area contributed by atoms with Crippen molar-refractivity contribution in [2.45, 2.75) is 38.0 Å². The Labute approximate surface area is 108 Å². The molecular formula is C13H18O4S. The minimum atomic E-state index is -3.52. The van der Waals surface area contributed by atoms with Gasteiger partial charge in [0.2, 0.25) is 0 Å². The van der Waals surface area contributed by atoms with E-state index in [1.807, 2.05) is 19.9 Å². The van der Waals surface area contributed by atoms with Crippen molar-refractivity contribution >= 4 is 15.8 Å². The van der Waals surface area contributed by atoms with Gasteiger partial charge < -0.3 is 5.11 Å². The number of aliphatic carboxylic acids is 1. The number of carbonyl (C=O) groups is 1. The maximum atomic E-state index is 12.1. The smallest absolute Gasteiger partial charge is 0.304 e. The zero-order valence-corrected chi connectivity index (χ0v) is 11.6. The van der Waals surface area contributed by atoms with Crippen molar-refractivity contribution in [2.75, 3.05) is 5.75 Å². The molecule has 0 unspecified atom stereocenters. The second-order valence-electron chi connectivity index (χ2n) is 4.64. The van der Waals surface area contributed by atoms with Crippen LogP contribution < -0.4 is 0 Å². The molecule has 0 aliphatic rings. The zero-order chi connectivity index (χ0) is 13.9. The zero-order valence-electron chi connectivity index (χ0n) is 10.8. The number of hydrogen-bond acceptors (Lipinski definition) is 3. The van der Waals surface area contributed by atoms with Crippen LogP contribution >= 0.6 is 0 Å². The van der Waals surface area contributed by atoms with E-state index in [9.17, 15) is 13.2 Å². The van der Waals surface area contributed by atoms with E-state index in [2.05, 4.69) is 0 Å². The minimum absolute atomic E-state index is 0.235. The van der Waals surface area contributed by atoms with Crippen molar-refractivity contribution in [2.24, 2.45) is 0 Å². The molecule has 0 aliphatic heterocycles. The van der Waals surface area contributed by atoms with E-state index in [1.54, 1.807) is 19.1 Å². The molecule has 1 rings (SSSR count). The number of carboxylic acid groups (broad SMARTS) is 1. The SMILES string of the molecule is Cc1ccc(C(C)C)cc1S(=O)(=O)CCC(=O)O. The molecule has 0 radical (unpaired) electrons. The number of carboxylic acids is 1. The fraction of sp³-hybridized carbons (Fsp3) is 0.462. The van der Waals surface area contributed by atoms with Crippen LogP contribution in [0.5, 0.6) is 0 Å². The van der Waals surface area contributed by atoms with Crippen LogP contribution in [0.1, 0.15) is 37.3 Å². The summed E-state index contributed by atoms with van der Waals surface area (Å²) in [7, 11) is -3.52. The maximum Gasteiger partial charge on any atom is 0.304 e. The molecule has 0 saturated heterocycles. The molecule has 0 aliphatic carbocycles. The van der Waals surface area contributed by atoms with Crippen molar-refractivity contribution < 1.29 is 18.3 Å². The van der Waals surface area contributed by atoms with Gasteiger partial charge in [-0.1, -0.05) is 26.0 Å². The predicted molar refractivity (Wildman–Crippen MR) is 69.6 cm³/mol. The minimum Gasteiger partial charge on any atom is -0.481 e. The van der Waals surface area contributed by atoms with Gasteiger partial charge >= 0.3 is 5.97 Å². The standard InChI is InChI=1S/C13H18O4S/c1-9(2)11-5-4-10(3)12(8-11)18(16,17)7-6-13(14)15/h4-5,8-9H,6-7H2,1-3H3,(H,14,15). The number of sulfone groups is 1. The number of aryl methyl sites for hydroxylation is 1. The first kappa shape index (κ1) is 14.7. The fourth-order valence-corrected chi connectivity index (χ4v) is 3.18. The van der Waals surface area contributed by atoms with E-state index >= 15 is 0 Å². The van der Waals surface area contributed by atoms with E-state index in [0.29, 0.717) is 5.56 Å². The van der Waals surface area contributed by atoms with Crippen LogP contribution in [0.3, 0.4) is 0 Å². The van der Waals surface area contributed by atoms with Gasteiger partial charge in [0.05, 0.1) is 17.1 Å². The van der Waals surface area contributed by atoms with Crippen molar-refractivity contribution in [3.63, 3.8) is 0 Å². The first-order valence-electron chi connectivity index (χ1n) is 5.79. The van der Waals surface area contributed by atoms with Crippen LogP contribution in [0, 0.1) is 6.92 Å². The van der Waals surface area contributed by atoms with E-state index in [0.717, 1.165) is 5.56 Å². The molecule has 1 N–H and O–H groups in total. The van der Waals surface area contributed by atoms with E-state index in [-0.39, 0.29) is 23.0 Å². The van der Waals surface area contributed by atoms with Crippen molar-refractivity contribution in [1.29, 1.82) is 0 Å². The summed E-state index contributed by atoms with van der Waals surface area (Å²) in [4.78, 5) is 10.7. The van der Waals surface area contributed by atoms with Gasteiger partial charge in [-0.25, -0.2) is 8.42 Å². The van der Waals surface area contributed by atoms with Crippen LogP contribution in [0.4, 0.5) is 0 Å². The summed E-state index contributed by atoms with van der Waals surface area (Å²) in [6, 6.07) is 5.32. The lowest BCUT2D eigenvalue weighted by atomic mass is 10.0. The summed E-state index contributed by atoms with van der Waals surface area (Å²) in [6.45, 7) is 5.69. The Morgan fingerprint density at radius 2 is 1.94 bits per heavy atom. The molecule has 0 aromatic heterocycles. The van der Waals surface area contributed by atoms with Crippen LogP contribution in [-0.2, 0) is 14.6 Å². The second-order valence-corrected chi connectivity index (χ2v) is 6.72. The maximum absolute atomic E-state index is 12.1. The normalized spacial score (nSPS) is 11.8. The third kappa shape index (κ3) is 3.57.